The molecule has 120 valence electrons. The largest absolute Gasteiger partial charge is 0.378 e. The van der Waals surface area contributed by atoms with E-state index < -0.39 is 0 Å². The fourth-order valence-electron chi connectivity index (χ4n) is 3.13. The van der Waals surface area contributed by atoms with Crippen molar-refractivity contribution in [2.24, 2.45) is 5.92 Å². The lowest BCUT2D eigenvalue weighted by molar-refractivity contribution is -0.134. The van der Waals surface area contributed by atoms with Crippen LogP contribution in [0.15, 0.2) is 30.3 Å². The van der Waals surface area contributed by atoms with Crippen LogP contribution in [0.5, 0.6) is 0 Å². The number of ether oxygens (including phenoxy) is 2. The molecule has 2 aliphatic rings. The van der Waals surface area contributed by atoms with E-state index in [4.69, 9.17) is 9.47 Å². The molecule has 2 bridgehead atoms. The number of hydrogen-bond acceptors (Lipinski definition) is 4. The third-order valence-corrected chi connectivity index (χ3v) is 4.48. The van der Waals surface area contributed by atoms with Gasteiger partial charge >= 0.3 is 0 Å². The zero-order valence-electron chi connectivity index (χ0n) is 13.1. The molecule has 0 aromatic heterocycles. The molecule has 0 saturated carbocycles. The van der Waals surface area contributed by atoms with Gasteiger partial charge in [-0.3, -0.25) is 9.69 Å². The zero-order chi connectivity index (χ0) is 15.4. The minimum atomic E-state index is -0.0355. The van der Waals surface area contributed by atoms with Crippen molar-refractivity contribution < 1.29 is 14.3 Å². The number of benzene rings is 1. The Kier molecular flexibility index (Phi) is 5.08. The van der Waals surface area contributed by atoms with Crippen LogP contribution in [0.25, 0.3) is 0 Å². The summed E-state index contributed by atoms with van der Waals surface area (Å²) in [4.78, 5) is 16.5. The number of hydrogen-bond donors (Lipinski definition) is 0. The molecule has 0 radical (unpaired) electrons. The summed E-state index contributed by atoms with van der Waals surface area (Å²) in [7, 11) is 1.89. The molecule has 1 amide bonds. The fourth-order valence-corrected chi connectivity index (χ4v) is 3.13. The van der Waals surface area contributed by atoms with Gasteiger partial charge in [-0.05, 0) is 5.56 Å². The highest BCUT2D eigenvalue weighted by Crippen LogP contribution is 2.19. The summed E-state index contributed by atoms with van der Waals surface area (Å²) in [5, 5.41) is 0. The van der Waals surface area contributed by atoms with Crippen LogP contribution in [0.1, 0.15) is 5.56 Å². The molecule has 0 spiro atoms. The standard InChI is InChI=1S/C17H24N2O3/c1-18-16-10-19(9-15(17(18)20)12-22-13-16)7-8-21-11-14-5-3-2-4-6-14/h2-6,15-16H,7-13H2,1H3/t15-,16+/m1/s1. The molecule has 22 heavy (non-hydrogen) atoms. The Morgan fingerprint density at radius 3 is 2.86 bits per heavy atom. The molecule has 5 nitrogen and oxygen atoms in total. The monoisotopic (exact) mass is 304 g/mol. The fraction of sp³-hybridized carbons (Fsp3) is 0.588. The van der Waals surface area contributed by atoms with E-state index in [2.05, 4.69) is 17.0 Å². The Balaban J connectivity index is 1.48. The Morgan fingerprint density at radius 2 is 2.05 bits per heavy atom. The highest BCUT2D eigenvalue weighted by Gasteiger charge is 2.36. The maximum atomic E-state index is 12.3. The van der Waals surface area contributed by atoms with Crippen LogP contribution in [0.2, 0.25) is 0 Å². The summed E-state index contributed by atoms with van der Waals surface area (Å²) < 4.78 is 11.4. The van der Waals surface area contributed by atoms with E-state index in [-0.39, 0.29) is 17.9 Å². The van der Waals surface area contributed by atoms with E-state index in [0.717, 1.165) is 19.6 Å². The molecule has 2 saturated heterocycles. The zero-order valence-corrected chi connectivity index (χ0v) is 13.1. The molecule has 1 aromatic carbocycles. The maximum absolute atomic E-state index is 12.3. The summed E-state index contributed by atoms with van der Waals surface area (Å²) in [6.07, 6.45) is 0. The smallest absolute Gasteiger partial charge is 0.229 e. The van der Waals surface area contributed by atoms with E-state index in [1.54, 1.807) is 0 Å². The lowest BCUT2D eigenvalue weighted by Crippen LogP contribution is -2.43. The van der Waals surface area contributed by atoms with Crippen LogP contribution in [-0.2, 0) is 20.9 Å². The Labute approximate surface area is 131 Å². The highest BCUT2D eigenvalue weighted by atomic mass is 16.5. The molecule has 2 heterocycles. The predicted molar refractivity (Wildman–Crippen MR) is 83.4 cm³/mol. The van der Waals surface area contributed by atoms with Gasteiger partial charge in [-0.1, -0.05) is 30.3 Å². The van der Waals surface area contributed by atoms with Crippen molar-refractivity contribution in [2.75, 3.05) is 46.5 Å². The number of amides is 1. The third kappa shape index (κ3) is 3.66. The molecular formula is C17H24N2O3. The molecule has 1 aromatic rings. The number of fused-ring (bicyclic) bond motifs is 3. The predicted octanol–water partition coefficient (Wildman–Crippen LogP) is 0.992. The first-order chi connectivity index (χ1) is 10.7. The molecule has 2 fully saturated rings. The topological polar surface area (TPSA) is 42.0 Å². The summed E-state index contributed by atoms with van der Waals surface area (Å²) in [5.74, 6) is 0.182. The van der Waals surface area contributed by atoms with E-state index in [1.807, 2.05) is 30.1 Å². The van der Waals surface area contributed by atoms with Crippen LogP contribution >= 0.6 is 0 Å². The van der Waals surface area contributed by atoms with Crippen molar-refractivity contribution in [1.82, 2.24) is 9.80 Å². The Hall–Kier alpha value is -1.43. The number of likely N-dealkylation sites (N-methyl/N-ethyl adjacent to an activating group) is 1. The van der Waals surface area contributed by atoms with Crippen molar-refractivity contribution in [1.29, 1.82) is 0 Å². The summed E-state index contributed by atoms with van der Waals surface area (Å²) in [6, 6.07) is 10.4. The van der Waals surface area contributed by atoms with Gasteiger partial charge in [0.25, 0.3) is 0 Å². The van der Waals surface area contributed by atoms with Crippen LogP contribution in [0, 0.1) is 5.92 Å². The van der Waals surface area contributed by atoms with Gasteiger partial charge in [0.15, 0.2) is 0 Å². The molecule has 3 rings (SSSR count). The van der Waals surface area contributed by atoms with Crippen molar-refractivity contribution in [3.05, 3.63) is 35.9 Å². The van der Waals surface area contributed by atoms with Gasteiger partial charge in [-0.25, -0.2) is 0 Å². The van der Waals surface area contributed by atoms with Crippen molar-refractivity contribution >= 4 is 5.91 Å². The summed E-state index contributed by atoms with van der Waals surface area (Å²) >= 11 is 0. The Morgan fingerprint density at radius 1 is 1.23 bits per heavy atom. The average Bonchev–Trinajstić information content (AvgIpc) is 2.71. The van der Waals surface area contributed by atoms with Crippen LogP contribution in [-0.4, -0.2) is 68.3 Å². The summed E-state index contributed by atoms with van der Waals surface area (Å²) in [5.41, 5.74) is 1.19. The second-order valence-electron chi connectivity index (χ2n) is 6.14. The van der Waals surface area contributed by atoms with Gasteiger partial charge in [-0.15, -0.1) is 0 Å². The van der Waals surface area contributed by atoms with Crippen molar-refractivity contribution in [3.8, 4) is 0 Å². The minimum Gasteiger partial charge on any atom is -0.378 e. The molecule has 2 atom stereocenters. The van der Waals surface area contributed by atoms with Crippen LogP contribution < -0.4 is 0 Å². The molecule has 2 aliphatic heterocycles. The Bertz CT molecular complexity index is 494. The van der Waals surface area contributed by atoms with Gasteiger partial charge in [0.1, 0.15) is 0 Å². The van der Waals surface area contributed by atoms with E-state index >= 15 is 0 Å². The van der Waals surface area contributed by atoms with Gasteiger partial charge in [0.05, 0.1) is 38.4 Å². The quantitative estimate of drug-likeness (QED) is 0.761. The van der Waals surface area contributed by atoms with Gasteiger partial charge < -0.3 is 14.4 Å². The van der Waals surface area contributed by atoms with Crippen LogP contribution in [0.3, 0.4) is 0 Å². The van der Waals surface area contributed by atoms with Gasteiger partial charge in [0.2, 0.25) is 5.91 Å². The first-order valence-electron chi connectivity index (χ1n) is 7.92. The van der Waals surface area contributed by atoms with E-state index in [9.17, 15) is 4.79 Å². The lowest BCUT2D eigenvalue weighted by atomic mass is 10.1. The highest BCUT2D eigenvalue weighted by molar-refractivity contribution is 5.79. The molecular weight excluding hydrogens is 280 g/mol. The van der Waals surface area contributed by atoms with E-state index in [1.165, 1.54) is 5.56 Å². The SMILES string of the molecule is CN1C(=O)[C@H]2COC[C@@H]1CN(CCOCc1ccccc1)C2. The second kappa shape index (κ2) is 7.22. The minimum absolute atomic E-state index is 0.0355. The van der Waals surface area contributed by atoms with E-state index in [0.29, 0.717) is 26.4 Å². The van der Waals surface area contributed by atoms with Gasteiger partial charge in [-0.2, -0.15) is 0 Å². The molecule has 0 N–H and O–H groups in total. The second-order valence-corrected chi connectivity index (χ2v) is 6.14. The first-order valence-corrected chi connectivity index (χ1v) is 7.92. The van der Waals surface area contributed by atoms with Crippen molar-refractivity contribution in [2.45, 2.75) is 12.6 Å². The third-order valence-electron chi connectivity index (χ3n) is 4.48. The normalized spacial score (nSPS) is 26.0. The van der Waals surface area contributed by atoms with Gasteiger partial charge in [0, 0.05) is 26.7 Å². The summed E-state index contributed by atoms with van der Waals surface area (Å²) in [6.45, 7) is 5.01. The van der Waals surface area contributed by atoms with Crippen molar-refractivity contribution in [3.63, 3.8) is 0 Å². The number of carbonyl (C=O) groups is 1. The molecule has 0 aliphatic carbocycles. The molecule has 5 heteroatoms. The number of carbonyl (C=O) groups excluding carboxylic acids is 1. The van der Waals surface area contributed by atoms with Crippen LogP contribution in [0.4, 0.5) is 0 Å². The number of nitrogens with zero attached hydrogens (tertiary/aromatic N) is 2. The number of rotatable bonds is 5. The lowest BCUT2D eigenvalue weighted by Gasteiger charge is -2.29. The average molecular weight is 304 g/mol. The maximum Gasteiger partial charge on any atom is 0.229 e. The first kappa shape index (κ1) is 15.5. The molecule has 0 unspecified atom stereocenters.